The van der Waals surface area contributed by atoms with E-state index in [1.807, 2.05) is 6.07 Å². The molecular weight excluding hydrogens is 238 g/mol. The maximum Gasteiger partial charge on any atom is 0.235 e. The normalized spacial score (nSPS) is 17.3. The number of ether oxygens (including phenoxy) is 1. The number of aliphatic imine (C=N–C) groups is 1. The number of rotatable bonds is 4. The average molecular weight is 259 g/mol. The Labute approximate surface area is 114 Å². The highest BCUT2D eigenvalue weighted by Crippen LogP contribution is 2.43. The largest absolute Gasteiger partial charge is 0.496 e. The van der Waals surface area contributed by atoms with Crippen LogP contribution in [0.25, 0.3) is 0 Å². The number of hydrogen-bond donors (Lipinski definition) is 0. The maximum absolute atomic E-state index is 10.7. The Morgan fingerprint density at radius 1 is 1.32 bits per heavy atom. The minimum atomic E-state index is -0.370. The molecule has 102 valence electrons. The monoisotopic (exact) mass is 259 g/mol. The summed E-state index contributed by atoms with van der Waals surface area (Å²) in [5, 5.41) is 0. The molecule has 0 unspecified atom stereocenters. The second kappa shape index (κ2) is 5.58. The molecule has 0 heterocycles. The van der Waals surface area contributed by atoms with Gasteiger partial charge in [-0.25, -0.2) is 4.79 Å². The van der Waals surface area contributed by atoms with Crippen molar-refractivity contribution >= 4 is 6.08 Å². The lowest BCUT2D eigenvalue weighted by Gasteiger charge is -2.24. The fourth-order valence-corrected chi connectivity index (χ4v) is 2.99. The lowest BCUT2D eigenvalue weighted by molar-refractivity contribution is 0.401. The van der Waals surface area contributed by atoms with Crippen molar-refractivity contribution in [2.75, 3.05) is 7.11 Å². The van der Waals surface area contributed by atoms with Gasteiger partial charge in [0.05, 0.1) is 12.6 Å². The second-order valence-electron chi connectivity index (χ2n) is 5.55. The lowest BCUT2D eigenvalue weighted by Crippen LogP contribution is -2.19. The predicted molar refractivity (Wildman–Crippen MR) is 75.4 cm³/mol. The molecule has 2 rings (SSSR count). The van der Waals surface area contributed by atoms with E-state index in [2.05, 4.69) is 31.0 Å². The smallest absolute Gasteiger partial charge is 0.235 e. The van der Waals surface area contributed by atoms with E-state index in [1.165, 1.54) is 5.56 Å². The first-order chi connectivity index (χ1) is 9.13. The Bertz CT molecular complexity index is 495. The summed E-state index contributed by atoms with van der Waals surface area (Å²) < 4.78 is 5.49. The molecule has 0 aromatic heterocycles. The third-order valence-corrected chi connectivity index (χ3v) is 4.08. The molecule has 3 heteroatoms. The highest BCUT2D eigenvalue weighted by molar-refractivity contribution is 5.45. The van der Waals surface area contributed by atoms with Gasteiger partial charge < -0.3 is 4.74 Å². The summed E-state index contributed by atoms with van der Waals surface area (Å²) in [6.07, 6.45) is 5.83. The van der Waals surface area contributed by atoms with Crippen molar-refractivity contribution in [3.05, 3.63) is 29.3 Å². The topological polar surface area (TPSA) is 38.7 Å². The molecule has 0 aliphatic heterocycles. The zero-order valence-electron chi connectivity index (χ0n) is 11.9. The summed E-state index contributed by atoms with van der Waals surface area (Å²) in [6.45, 7) is 4.29. The first kappa shape index (κ1) is 13.8. The Morgan fingerprint density at radius 2 is 2.00 bits per heavy atom. The van der Waals surface area contributed by atoms with E-state index < -0.39 is 0 Å². The molecule has 3 nitrogen and oxygen atoms in total. The zero-order valence-corrected chi connectivity index (χ0v) is 11.9. The van der Waals surface area contributed by atoms with Gasteiger partial charge in [-0.15, -0.1) is 0 Å². The van der Waals surface area contributed by atoms with Crippen molar-refractivity contribution in [3.8, 4) is 5.75 Å². The lowest BCUT2D eigenvalue weighted by atomic mass is 9.87. The van der Waals surface area contributed by atoms with Crippen LogP contribution in [0.15, 0.2) is 23.2 Å². The summed E-state index contributed by atoms with van der Waals surface area (Å²) in [5.74, 6) is 1.30. The standard InChI is InChI=1S/C16H21NO2/c1-12(2)14-7-6-13(10-15(14)19-3)16(17-11-18)8-4-5-9-16/h6-7,10,12H,4-5,8-9H2,1-3H3. The molecule has 0 bridgehead atoms. The molecule has 1 aliphatic rings. The fraction of sp³-hybridized carbons (Fsp3) is 0.562. The van der Waals surface area contributed by atoms with Crippen LogP contribution in [-0.2, 0) is 10.3 Å². The first-order valence-electron chi connectivity index (χ1n) is 6.90. The van der Waals surface area contributed by atoms with E-state index in [0.717, 1.165) is 37.0 Å². The van der Waals surface area contributed by atoms with Crippen molar-refractivity contribution in [2.45, 2.75) is 51.0 Å². The SMILES string of the molecule is COc1cc(C2(N=C=O)CCCC2)ccc1C(C)C. The van der Waals surface area contributed by atoms with Crippen LogP contribution in [0.4, 0.5) is 0 Å². The summed E-state index contributed by atoms with van der Waals surface area (Å²) in [5.41, 5.74) is 1.90. The molecular formula is C16H21NO2. The van der Waals surface area contributed by atoms with Gasteiger partial charge in [-0.3, -0.25) is 0 Å². The molecule has 1 aromatic rings. The zero-order chi connectivity index (χ0) is 13.9. The van der Waals surface area contributed by atoms with Crippen LogP contribution in [-0.4, -0.2) is 13.2 Å². The van der Waals surface area contributed by atoms with Crippen molar-refractivity contribution in [1.82, 2.24) is 0 Å². The van der Waals surface area contributed by atoms with E-state index in [9.17, 15) is 4.79 Å². The molecule has 0 spiro atoms. The van der Waals surface area contributed by atoms with Crippen molar-refractivity contribution in [2.24, 2.45) is 4.99 Å². The molecule has 19 heavy (non-hydrogen) atoms. The summed E-state index contributed by atoms with van der Waals surface area (Å²) in [6, 6.07) is 6.23. The second-order valence-corrected chi connectivity index (χ2v) is 5.55. The van der Waals surface area contributed by atoms with E-state index in [1.54, 1.807) is 13.2 Å². The van der Waals surface area contributed by atoms with Gasteiger partial charge in [0.2, 0.25) is 6.08 Å². The van der Waals surface area contributed by atoms with Gasteiger partial charge in [0.1, 0.15) is 5.75 Å². The molecule has 0 N–H and O–H groups in total. The predicted octanol–water partition coefficient (Wildman–Crippen LogP) is 3.92. The minimum Gasteiger partial charge on any atom is -0.496 e. The van der Waals surface area contributed by atoms with Gasteiger partial charge in [0.25, 0.3) is 0 Å². The van der Waals surface area contributed by atoms with Crippen LogP contribution < -0.4 is 4.74 Å². The summed E-state index contributed by atoms with van der Waals surface area (Å²) in [4.78, 5) is 14.9. The van der Waals surface area contributed by atoms with Gasteiger partial charge in [0.15, 0.2) is 0 Å². The highest BCUT2D eigenvalue weighted by atomic mass is 16.5. The van der Waals surface area contributed by atoms with Crippen LogP contribution in [0, 0.1) is 0 Å². The molecule has 0 atom stereocenters. The summed E-state index contributed by atoms with van der Waals surface area (Å²) in [7, 11) is 1.69. The van der Waals surface area contributed by atoms with Crippen molar-refractivity contribution in [3.63, 3.8) is 0 Å². The van der Waals surface area contributed by atoms with E-state index >= 15 is 0 Å². The number of hydrogen-bond acceptors (Lipinski definition) is 3. The molecule has 1 fully saturated rings. The van der Waals surface area contributed by atoms with Crippen LogP contribution >= 0.6 is 0 Å². The van der Waals surface area contributed by atoms with E-state index in [-0.39, 0.29) is 5.54 Å². The number of carbonyl (C=O) groups excluding carboxylic acids is 1. The molecule has 1 aliphatic carbocycles. The van der Waals surface area contributed by atoms with Gasteiger partial charge in [-0.2, -0.15) is 4.99 Å². The van der Waals surface area contributed by atoms with Gasteiger partial charge in [-0.05, 0) is 36.0 Å². The van der Waals surface area contributed by atoms with Gasteiger partial charge >= 0.3 is 0 Å². The molecule has 0 saturated heterocycles. The number of nitrogens with zero attached hydrogens (tertiary/aromatic N) is 1. The molecule has 1 aromatic carbocycles. The van der Waals surface area contributed by atoms with Gasteiger partial charge in [-0.1, -0.05) is 38.8 Å². The molecule has 0 amide bonds. The average Bonchev–Trinajstić information content (AvgIpc) is 2.88. The fourth-order valence-electron chi connectivity index (χ4n) is 2.99. The minimum absolute atomic E-state index is 0.370. The number of benzene rings is 1. The molecule has 0 radical (unpaired) electrons. The number of methoxy groups -OCH3 is 1. The van der Waals surface area contributed by atoms with Crippen LogP contribution in [0.3, 0.4) is 0 Å². The maximum atomic E-state index is 10.7. The Kier molecular flexibility index (Phi) is 4.06. The molecule has 1 saturated carbocycles. The Hall–Kier alpha value is -1.60. The van der Waals surface area contributed by atoms with Gasteiger partial charge in [0, 0.05) is 0 Å². The van der Waals surface area contributed by atoms with E-state index in [0.29, 0.717) is 5.92 Å². The highest BCUT2D eigenvalue weighted by Gasteiger charge is 2.36. The summed E-state index contributed by atoms with van der Waals surface area (Å²) >= 11 is 0. The quantitative estimate of drug-likeness (QED) is 0.607. The first-order valence-corrected chi connectivity index (χ1v) is 6.90. The Balaban J connectivity index is 2.47. The van der Waals surface area contributed by atoms with Crippen molar-refractivity contribution in [1.29, 1.82) is 0 Å². The van der Waals surface area contributed by atoms with Crippen LogP contribution in [0.1, 0.15) is 56.6 Å². The van der Waals surface area contributed by atoms with Crippen LogP contribution in [0.2, 0.25) is 0 Å². The third kappa shape index (κ3) is 2.57. The van der Waals surface area contributed by atoms with Crippen molar-refractivity contribution < 1.29 is 9.53 Å². The Morgan fingerprint density at radius 3 is 2.53 bits per heavy atom. The van der Waals surface area contributed by atoms with E-state index in [4.69, 9.17) is 4.74 Å². The number of isocyanates is 1. The van der Waals surface area contributed by atoms with Crippen LogP contribution in [0.5, 0.6) is 5.75 Å². The third-order valence-electron chi connectivity index (χ3n) is 4.08.